The van der Waals surface area contributed by atoms with Crippen molar-refractivity contribution in [3.8, 4) is 11.3 Å². The van der Waals surface area contributed by atoms with Crippen molar-refractivity contribution in [3.05, 3.63) is 64.2 Å². The monoisotopic (exact) mass is 418 g/mol. The molecule has 3 aromatic rings. The van der Waals surface area contributed by atoms with Crippen molar-refractivity contribution in [2.75, 3.05) is 17.3 Å². The first kappa shape index (κ1) is 17.5. The van der Waals surface area contributed by atoms with Crippen LogP contribution in [0.1, 0.15) is 0 Å². The maximum atomic E-state index is 12.5. The highest BCUT2D eigenvalue weighted by Crippen LogP contribution is 2.29. The number of anilines is 2. The molecule has 25 heavy (non-hydrogen) atoms. The minimum Gasteiger partial charge on any atom is -0.308 e. The number of aromatic nitrogens is 2. The predicted octanol–water partition coefficient (Wildman–Crippen LogP) is 5.17. The van der Waals surface area contributed by atoms with E-state index in [9.17, 15) is 4.79 Å². The Kier molecular flexibility index (Phi) is 5.11. The number of halogens is 2. The third-order valence-electron chi connectivity index (χ3n) is 3.80. The van der Waals surface area contributed by atoms with Gasteiger partial charge in [-0.3, -0.25) is 9.58 Å². The molecule has 0 atom stereocenters. The van der Waals surface area contributed by atoms with Gasteiger partial charge in [0, 0.05) is 36.1 Å². The van der Waals surface area contributed by atoms with E-state index in [4.69, 9.17) is 11.6 Å². The molecular formula is C18H16BrClN4O. The normalized spacial score (nSPS) is 10.6. The van der Waals surface area contributed by atoms with Crippen LogP contribution in [0, 0.1) is 0 Å². The number of rotatable bonds is 3. The van der Waals surface area contributed by atoms with Gasteiger partial charge in [-0.2, -0.15) is 5.10 Å². The molecule has 128 valence electrons. The Morgan fingerprint density at radius 1 is 1.24 bits per heavy atom. The molecule has 5 nitrogen and oxygen atoms in total. The summed E-state index contributed by atoms with van der Waals surface area (Å²) >= 11 is 9.39. The van der Waals surface area contributed by atoms with Crippen molar-refractivity contribution < 1.29 is 4.79 Å². The number of hydrogen-bond acceptors (Lipinski definition) is 2. The summed E-state index contributed by atoms with van der Waals surface area (Å²) < 4.78 is 2.68. The van der Waals surface area contributed by atoms with E-state index in [2.05, 4.69) is 26.3 Å². The third kappa shape index (κ3) is 3.86. The van der Waals surface area contributed by atoms with E-state index in [-0.39, 0.29) is 6.03 Å². The van der Waals surface area contributed by atoms with Crippen LogP contribution in [-0.2, 0) is 7.05 Å². The summed E-state index contributed by atoms with van der Waals surface area (Å²) in [5.41, 5.74) is 3.37. The van der Waals surface area contributed by atoms with Crippen molar-refractivity contribution in [1.29, 1.82) is 0 Å². The lowest BCUT2D eigenvalue weighted by Gasteiger charge is -2.18. The van der Waals surface area contributed by atoms with Gasteiger partial charge in [0.1, 0.15) is 0 Å². The fourth-order valence-electron chi connectivity index (χ4n) is 2.47. The average Bonchev–Trinajstić information content (AvgIpc) is 2.93. The highest BCUT2D eigenvalue weighted by molar-refractivity contribution is 9.10. The Morgan fingerprint density at radius 2 is 1.96 bits per heavy atom. The van der Waals surface area contributed by atoms with Gasteiger partial charge >= 0.3 is 6.03 Å². The van der Waals surface area contributed by atoms with Crippen molar-refractivity contribution in [3.63, 3.8) is 0 Å². The van der Waals surface area contributed by atoms with Gasteiger partial charge in [0.2, 0.25) is 0 Å². The molecule has 1 aromatic heterocycles. The first-order valence-corrected chi connectivity index (χ1v) is 8.71. The van der Waals surface area contributed by atoms with Crippen LogP contribution in [0.4, 0.5) is 16.2 Å². The minimum atomic E-state index is -0.233. The molecule has 2 aromatic carbocycles. The van der Waals surface area contributed by atoms with Gasteiger partial charge in [-0.05, 0) is 52.3 Å². The Balaban J connectivity index is 1.80. The van der Waals surface area contributed by atoms with Crippen LogP contribution >= 0.6 is 27.5 Å². The van der Waals surface area contributed by atoms with E-state index in [1.54, 1.807) is 42.2 Å². The summed E-state index contributed by atoms with van der Waals surface area (Å²) in [5.74, 6) is 0. The highest BCUT2D eigenvalue weighted by Gasteiger charge is 2.13. The second-order valence-electron chi connectivity index (χ2n) is 5.51. The average molecular weight is 420 g/mol. The Morgan fingerprint density at radius 3 is 2.60 bits per heavy atom. The summed E-state index contributed by atoms with van der Waals surface area (Å²) in [5, 5.41) is 7.76. The Bertz CT molecular complexity index is 888. The lowest BCUT2D eigenvalue weighted by molar-refractivity contribution is 0.258. The number of hydrogen-bond donors (Lipinski definition) is 1. The molecule has 0 aliphatic heterocycles. The summed E-state index contributed by atoms with van der Waals surface area (Å²) in [6.07, 6.45) is 1.74. The third-order valence-corrected chi connectivity index (χ3v) is 4.63. The van der Waals surface area contributed by atoms with Crippen molar-refractivity contribution >= 4 is 44.9 Å². The zero-order valence-corrected chi connectivity index (χ0v) is 16.0. The van der Waals surface area contributed by atoms with Gasteiger partial charge in [0.05, 0.1) is 16.4 Å². The van der Waals surface area contributed by atoms with Gasteiger partial charge in [-0.25, -0.2) is 4.79 Å². The Hall–Kier alpha value is -2.31. The topological polar surface area (TPSA) is 50.2 Å². The number of carbonyl (C=O) groups is 1. The van der Waals surface area contributed by atoms with Gasteiger partial charge in [0.15, 0.2) is 0 Å². The zero-order chi connectivity index (χ0) is 18.0. The quantitative estimate of drug-likeness (QED) is 0.636. The lowest BCUT2D eigenvalue weighted by Crippen LogP contribution is -2.31. The fourth-order valence-corrected chi connectivity index (χ4v) is 3.17. The minimum absolute atomic E-state index is 0.233. The van der Waals surface area contributed by atoms with Crippen LogP contribution in [0.3, 0.4) is 0 Å². The molecule has 1 heterocycles. The van der Waals surface area contributed by atoms with Gasteiger partial charge in [-0.1, -0.05) is 23.7 Å². The van der Waals surface area contributed by atoms with Gasteiger partial charge < -0.3 is 5.32 Å². The molecule has 0 aliphatic rings. The van der Waals surface area contributed by atoms with E-state index >= 15 is 0 Å². The van der Waals surface area contributed by atoms with Crippen LogP contribution in [0.15, 0.2) is 59.2 Å². The van der Waals surface area contributed by atoms with Gasteiger partial charge in [0.25, 0.3) is 0 Å². The number of nitrogens with one attached hydrogen (secondary N) is 1. The maximum absolute atomic E-state index is 12.5. The molecule has 0 saturated carbocycles. The predicted molar refractivity (Wildman–Crippen MR) is 105 cm³/mol. The summed E-state index contributed by atoms with van der Waals surface area (Å²) in [4.78, 5) is 14.0. The van der Waals surface area contributed by atoms with Crippen LogP contribution in [0.5, 0.6) is 0 Å². The fraction of sp³-hybridized carbons (Fsp3) is 0.111. The number of carbonyl (C=O) groups excluding carboxylic acids is 1. The van der Waals surface area contributed by atoms with Crippen molar-refractivity contribution in [2.24, 2.45) is 7.05 Å². The number of urea groups is 1. The van der Waals surface area contributed by atoms with Crippen molar-refractivity contribution in [1.82, 2.24) is 9.78 Å². The molecule has 2 amide bonds. The first-order valence-electron chi connectivity index (χ1n) is 7.54. The molecule has 0 aliphatic carbocycles. The van der Waals surface area contributed by atoms with Crippen LogP contribution < -0.4 is 10.2 Å². The van der Waals surface area contributed by atoms with Gasteiger partial charge in [-0.15, -0.1) is 0 Å². The molecule has 3 rings (SSSR count). The van der Waals surface area contributed by atoms with Crippen molar-refractivity contribution in [2.45, 2.75) is 0 Å². The largest absolute Gasteiger partial charge is 0.326 e. The van der Waals surface area contributed by atoms with Crippen LogP contribution in [0.2, 0.25) is 5.02 Å². The zero-order valence-electron chi connectivity index (χ0n) is 13.7. The number of amides is 2. The maximum Gasteiger partial charge on any atom is 0.326 e. The molecule has 0 fully saturated rings. The molecule has 0 unspecified atom stereocenters. The molecule has 7 heteroatoms. The number of nitrogens with zero attached hydrogens (tertiary/aromatic N) is 3. The summed E-state index contributed by atoms with van der Waals surface area (Å²) in [6, 6.07) is 14.5. The second kappa shape index (κ2) is 7.29. The molecule has 0 bridgehead atoms. The Labute approximate surface area is 159 Å². The molecular weight excluding hydrogens is 404 g/mol. The molecule has 0 saturated heterocycles. The van der Waals surface area contributed by atoms with E-state index in [1.807, 2.05) is 31.3 Å². The standard InChI is InChI=1S/C18H16BrClN4O/c1-23(15-8-6-13(20)7-9-15)18(25)22-14-5-3-4-12(10-14)17-16(19)11-21-24(17)2/h3-11H,1-2H3,(H,22,25). The molecule has 1 N–H and O–H groups in total. The SMILES string of the molecule is CN(C(=O)Nc1cccc(-c2c(Br)cnn2C)c1)c1ccc(Cl)cc1. The number of aryl methyl sites for hydroxylation is 1. The highest BCUT2D eigenvalue weighted by atomic mass is 79.9. The van der Waals surface area contributed by atoms with E-state index in [0.29, 0.717) is 10.7 Å². The molecule has 0 spiro atoms. The second-order valence-corrected chi connectivity index (χ2v) is 6.80. The van der Waals surface area contributed by atoms with E-state index < -0.39 is 0 Å². The van der Waals surface area contributed by atoms with Crippen LogP contribution in [0.25, 0.3) is 11.3 Å². The summed E-state index contributed by atoms with van der Waals surface area (Å²) in [6.45, 7) is 0. The van der Waals surface area contributed by atoms with Crippen LogP contribution in [-0.4, -0.2) is 22.9 Å². The molecule has 0 radical (unpaired) electrons. The summed E-state index contributed by atoms with van der Waals surface area (Å²) in [7, 11) is 3.58. The first-order chi connectivity index (χ1) is 12.0. The number of benzene rings is 2. The lowest BCUT2D eigenvalue weighted by atomic mass is 10.1. The van der Waals surface area contributed by atoms with E-state index in [0.717, 1.165) is 21.4 Å². The smallest absolute Gasteiger partial charge is 0.308 e. The van der Waals surface area contributed by atoms with E-state index in [1.165, 1.54) is 4.90 Å².